The molecule has 0 bridgehead atoms. The molecule has 1 aliphatic heterocycles. The number of nitrogens with zero attached hydrogens (tertiary/aromatic N) is 2. The number of amides is 1. The highest BCUT2D eigenvalue weighted by Crippen LogP contribution is 2.35. The molecule has 1 aromatic heterocycles. The van der Waals surface area contributed by atoms with Crippen LogP contribution in [0.1, 0.15) is 26.2 Å². The SMILES string of the molecule is CC#CC(=O)Nc1cc(-c2nc3ccccc3s2)ccc1OCCN1CCCCC1. The average Bonchev–Trinajstić information content (AvgIpc) is 3.20. The molecule has 1 N–H and O–H groups in total. The highest BCUT2D eigenvalue weighted by molar-refractivity contribution is 7.21. The number of para-hydroxylation sites is 1. The number of carbonyl (C=O) groups excluding carboxylic acids is 1. The molecule has 3 aromatic rings. The fraction of sp³-hybridized carbons (Fsp3) is 0.333. The lowest BCUT2D eigenvalue weighted by Gasteiger charge is -2.26. The number of piperidine rings is 1. The normalized spacial score (nSPS) is 14.2. The fourth-order valence-corrected chi connectivity index (χ4v) is 4.58. The van der Waals surface area contributed by atoms with Crippen LogP contribution in [0.5, 0.6) is 5.75 Å². The van der Waals surface area contributed by atoms with Gasteiger partial charge in [0.05, 0.1) is 15.9 Å². The molecule has 0 atom stereocenters. The molecule has 1 fully saturated rings. The molecule has 1 aliphatic rings. The number of likely N-dealkylation sites (tertiary alicyclic amines) is 1. The third kappa shape index (κ3) is 4.99. The molecule has 1 saturated heterocycles. The molecule has 6 heteroatoms. The van der Waals surface area contributed by atoms with Crippen LogP contribution in [0, 0.1) is 11.8 Å². The minimum Gasteiger partial charge on any atom is -0.490 e. The summed E-state index contributed by atoms with van der Waals surface area (Å²) in [5.74, 6) is 5.48. The molecule has 0 spiro atoms. The lowest BCUT2D eigenvalue weighted by molar-refractivity contribution is -0.111. The topological polar surface area (TPSA) is 54.5 Å². The summed E-state index contributed by atoms with van der Waals surface area (Å²) in [5, 5.41) is 3.78. The number of fused-ring (bicyclic) bond motifs is 1. The first-order chi connectivity index (χ1) is 14.7. The predicted octanol–water partition coefficient (Wildman–Crippen LogP) is 4.79. The molecule has 154 valence electrons. The zero-order chi connectivity index (χ0) is 20.8. The van der Waals surface area contributed by atoms with E-state index in [4.69, 9.17) is 9.72 Å². The van der Waals surface area contributed by atoms with Gasteiger partial charge < -0.3 is 10.1 Å². The molecule has 0 saturated carbocycles. The van der Waals surface area contributed by atoms with Gasteiger partial charge >= 0.3 is 0 Å². The van der Waals surface area contributed by atoms with Crippen molar-refractivity contribution in [3.63, 3.8) is 0 Å². The summed E-state index contributed by atoms with van der Waals surface area (Å²) in [6, 6.07) is 13.9. The molecule has 2 aromatic carbocycles. The Labute approximate surface area is 181 Å². The van der Waals surface area contributed by atoms with Crippen molar-refractivity contribution in [3.8, 4) is 28.2 Å². The zero-order valence-electron chi connectivity index (χ0n) is 17.1. The standard InChI is InChI=1S/C24H25N3O2S/c1-2-8-23(28)25-20-17-18(24-26-19-9-4-5-10-22(19)30-24)11-12-21(20)29-16-15-27-13-6-3-7-14-27/h4-5,9-12,17H,3,6-7,13-16H2,1H3,(H,25,28). The van der Waals surface area contributed by atoms with Crippen molar-refractivity contribution in [2.75, 3.05) is 31.6 Å². The van der Waals surface area contributed by atoms with Crippen LogP contribution in [-0.4, -0.2) is 42.0 Å². The van der Waals surface area contributed by atoms with Crippen molar-refractivity contribution < 1.29 is 9.53 Å². The Morgan fingerprint density at radius 1 is 1.20 bits per heavy atom. The molecule has 0 aliphatic carbocycles. The van der Waals surface area contributed by atoms with Gasteiger partial charge in [-0.25, -0.2) is 4.98 Å². The third-order valence-corrected chi connectivity index (χ3v) is 6.21. The summed E-state index contributed by atoms with van der Waals surface area (Å²) in [7, 11) is 0. The van der Waals surface area contributed by atoms with Gasteiger partial charge in [0.15, 0.2) is 0 Å². The average molecular weight is 420 g/mol. The quantitative estimate of drug-likeness (QED) is 0.584. The molecule has 5 nitrogen and oxygen atoms in total. The second kappa shape index (κ2) is 9.75. The van der Waals surface area contributed by atoms with Gasteiger partial charge in [-0.05, 0) is 69.1 Å². The third-order valence-electron chi connectivity index (χ3n) is 5.12. The van der Waals surface area contributed by atoms with Crippen molar-refractivity contribution in [1.29, 1.82) is 0 Å². The largest absolute Gasteiger partial charge is 0.490 e. The van der Waals surface area contributed by atoms with Gasteiger partial charge in [0.25, 0.3) is 5.91 Å². The Morgan fingerprint density at radius 3 is 2.83 bits per heavy atom. The molecule has 30 heavy (non-hydrogen) atoms. The number of hydrogen-bond donors (Lipinski definition) is 1. The van der Waals surface area contributed by atoms with Crippen LogP contribution in [0.3, 0.4) is 0 Å². The van der Waals surface area contributed by atoms with E-state index in [-0.39, 0.29) is 5.91 Å². The van der Waals surface area contributed by atoms with Crippen LogP contribution in [-0.2, 0) is 4.79 Å². The predicted molar refractivity (Wildman–Crippen MR) is 123 cm³/mol. The maximum absolute atomic E-state index is 12.1. The highest BCUT2D eigenvalue weighted by Gasteiger charge is 2.14. The molecule has 1 amide bonds. The summed E-state index contributed by atoms with van der Waals surface area (Å²) in [4.78, 5) is 19.3. The van der Waals surface area contributed by atoms with Crippen molar-refractivity contribution >= 4 is 33.1 Å². The van der Waals surface area contributed by atoms with Crippen LogP contribution in [0.15, 0.2) is 42.5 Å². The van der Waals surface area contributed by atoms with Crippen LogP contribution in [0.2, 0.25) is 0 Å². The Hall–Kier alpha value is -2.88. The maximum atomic E-state index is 12.1. The Balaban J connectivity index is 1.55. The molecule has 4 rings (SSSR count). The molecular weight excluding hydrogens is 394 g/mol. The number of benzene rings is 2. The van der Waals surface area contributed by atoms with E-state index in [0.29, 0.717) is 18.0 Å². The van der Waals surface area contributed by atoms with Crippen LogP contribution < -0.4 is 10.1 Å². The lowest BCUT2D eigenvalue weighted by atomic mass is 10.1. The van der Waals surface area contributed by atoms with Gasteiger partial charge in [-0.3, -0.25) is 9.69 Å². The van der Waals surface area contributed by atoms with Gasteiger partial charge in [0.1, 0.15) is 17.4 Å². The molecule has 0 radical (unpaired) electrons. The first-order valence-corrected chi connectivity index (χ1v) is 11.1. The van der Waals surface area contributed by atoms with Crippen molar-refractivity contribution in [1.82, 2.24) is 9.88 Å². The van der Waals surface area contributed by atoms with E-state index in [1.807, 2.05) is 36.4 Å². The van der Waals surface area contributed by atoms with Gasteiger partial charge in [-0.2, -0.15) is 0 Å². The minimum atomic E-state index is -0.347. The Morgan fingerprint density at radius 2 is 2.03 bits per heavy atom. The number of anilines is 1. The first kappa shape index (κ1) is 20.4. The molecule has 0 unspecified atom stereocenters. The van der Waals surface area contributed by atoms with E-state index in [2.05, 4.69) is 28.1 Å². The van der Waals surface area contributed by atoms with Crippen LogP contribution >= 0.6 is 11.3 Å². The fourth-order valence-electron chi connectivity index (χ4n) is 3.62. The van der Waals surface area contributed by atoms with E-state index in [1.165, 1.54) is 19.3 Å². The second-order valence-electron chi connectivity index (χ2n) is 7.28. The van der Waals surface area contributed by atoms with Crippen LogP contribution in [0.25, 0.3) is 20.8 Å². The second-order valence-corrected chi connectivity index (χ2v) is 8.31. The summed E-state index contributed by atoms with van der Waals surface area (Å²) in [6.45, 7) is 5.39. The lowest BCUT2D eigenvalue weighted by Crippen LogP contribution is -2.33. The summed E-state index contributed by atoms with van der Waals surface area (Å²) in [5.41, 5.74) is 2.54. The molecular formula is C24H25N3O2S. The van der Waals surface area contributed by atoms with E-state index in [1.54, 1.807) is 18.3 Å². The zero-order valence-corrected chi connectivity index (χ0v) is 17.9. The van der Waals surface area contributed by atoms with E-state index < -0.39 is 0 Å². The van der Waals surface area contributed by atoms with Crippen LogP contribution in [0.4, 0.5) is 5.69 Å². The number of hydrogen-bond acceptors (Lipinski definition) is 5. The monoisotopic (exact) mass is 419 g/mol. The maximum Gasteiger partial charge on any atom is 0.300 e. The number of ether oxygens (including phenoxy) is 1. The summed E-state index contributed by atoms with van der Waals surface area (Å²) >= 11 is 1.63. The summed E-state index contributed by atoms with van der Waals surface area (Å²) < 4.78 is 7.18. The number of nitrogens with one attached hydrogen (secondary N) is 1. The van der Waals surface area contributed by atoms with Crippen molar-refractivity contribution in [2.45, 2.75) is 26.2 Å². The van der Waals surface area contributed by atoms with Gasteiger partial charge in [0, 0.05) is 12.1 Å². The first-order valence-electron chi connectivity index (χ1n) is 10.3. The van der Waals surface area contributed by atoms with Gasteiger partial charge in [-0.1, -0.05) is 24.5 Å². The Kier molecular flexibility index (Phi) is 6.63. The molecule has 2 heterocycles. The van der Waals surface area contributed by atoms with E-state index in [9.17, 15) is 4.79 Å². The minimum absolute atomic E-state index is 0.347. The number of aromatic nitrogens is 1. The highest BCUT2D eigenvalue weighted by atomic mass is 32.1. The summed E-state index contributed by atoms with van der Waals surface area (Å²) in [6.07, 6.45) is 3.83. The van der Waals surface area contributed by atoms with Crippen molar-refractivity contribution in [3.05, 3.63) is 42.5 Å². The van der Waals surface area contributed by atoms with E-state index >= 15 is 0 Å². The number of rotatable bonds is 6. The van der Waals surface area contributed by atoms with E-state index in [0.717, 1.165) is 40.4 Å². The van der Waals surface area contributed by atoms with Crippen molar-refractivity contribution in [2.24, 2.45) is 0 Å². The smallest absolute Gasteiger partial charge is 0.300 e. The number of thiazole rings is 1. The van der Waals surface area contributed by atoms with Gasteiger partial charge in [0.2, 0.25) is 0 Å². The number of carbonyl (C=O) groups is 1. The van der Waals surface area contributed by atoms with Gasteiger partial charge in [-0.15, -0.1) is 11.3 Å². The Bertz CT molecular complexity index is 1060.